The van der Waals surface area contributed by atoms with E-state index >= 15 is 0 Å². The lowest BCUT2D eigenvalue weighted by atomic mass is 10.2. The molecule has 8 heteroatoms. The number of rotatable bonds is 6. The quantitative estimate of drug-likeness (QED) is 0.695. The number of nitrogens with zero attached hydrogens (tertiary/aromatic N) is 4. The van der Waals surface area contributed by atoms with Gasteiger partial charge in [-0.25, -0.2) is 0 Å². The monoisotopic (exact) mass is 345 g/mol. The summed E-state index contributed by atoms with van der Waals surface area (Å²) in [5.41, 5.74) is 2.74. The molecule has 0 aliphatic rings. The van der Waals surface area contributed by atoms with Crippen molar-refractivity contribution in [2.45, 2.75) is 18.0 Å². The number of aryl methyl sites for hydroxylation is 1. The van der Waals surface area contributed by atoms with Gasteiger partial charge in [0.2, 0.25) is 11.1 Å². The standard InChI is InChI=1S/C15H15N5OS2/c1-22-15-17-18-19-20(15)13-4-2-3-12(9-13)16-14(21)6-5-11-7-8-23-10-11/h2-4,7-10H,5-6H2,1H3,(H,16,21). The molecular weight excluding hydrogens is 330 g/mol. The van der Waals surface area contributed by atoms with Crippen molar-refractivity contribution in [1.82, 2.24) is 20.2 Å². The molecule has 0 aliphatic heterocycles. The van der Waals surface area contributed by atoms with Crippen LogP contribution in [0.5, 0.6) is 0 Å². The summed E-state index contributed by atoms with van der Waals surface area (Å²) in [5, 5.41) is 19.3. The largest absolute Gasteiger partial charge is 0.326 e. The van der Waals surface area contributed by atoms with E-state index in [-0.39, 0.29) is 5.91 Å². The molecule has 118 valence electrons. The lowest BCUT2D eigenvalue weighted by molar-refractivity contribution is -0.116. The van der Waals surface area contributed by atoms with Gasteiger partial charge in [-0.15, -0.1) is 5.10 Å². The third kappa shape index (κ3) is 3.96. The Morgan fingerprint density at radius 3 is 3.09 bits per heavy atom. The molecular formula is C15H15N5OS2. The van der Waals surface area contributed by atoms with Gasteiger partial charge in [-0.3, -0.25) is 4.79 Å². The number of hydrogen-bond donors (Lipinski definition) is 1. The molecule has 6 nitrogen and oxygen atoms in total. The highest BCUT2D eigenvalue weighted by atomic mass is 32.2. The van der Waals surface area contributed by atoms with Crippen molar-refractivity contribution in [2.75, 3.05) is 11.6 Å². The number of anilines is 1. The second-order valence-corrected chi connectivity index (χ2v) is 6.36. The molecule has 1 aromatic carbocycles. The van der Waals surface area contributed by atoms with Gasteiger partial charge in [-0.1, -0.05) is 17.8 Å². The Balaban J connectivity index is 1.66. The van der Waals surface area contributed by atoms with Gasteiger partial charge in [0, 0.05) is 12.1 Å². The summed E-state index contributed by atoms with van der Waals surface area (Å²) < 4.78 is 1.64. The fourth-order valence-electron chi connectivity index (χ4n) is 2.10. The van der Waals surface area contributed by atoms with Crippen LogP contribution in [0.4, 0.5) is 5.69 Å². The highest BCUT2D eigenvalue weighted by Gasteiger charge is 2.09. The van der Waals surface area contributed by atoms with Crippen LogP contribution in [0, 0.1) is 0 Å². The Bertz CT molecular complexity index is 785. The number of nitrogens with one attached hydrogen (secondary N) is 1. The molecule has 23 heavy (non-hydrogen) atoms. The van der Waals surface area contributed by atoms with E-state index in [1.165, 1.54) is 17.3 Å². The van der Waals surface area contributed by atoms with E-state index < -0.39 is 0 Å². The maximum atomic E-state index is 12.1. The predicted molar refractivity (Wildman–Crippen MR) is 92.2 cm³/mol. The molecule has 0 radical (unpaired) electrons. The molecule has 0 spiro atoms. The molecule has 0 bridgehead atoms. The Kier molecular flexibility index (Phi) is 5.04. The second-order valence-electron chi connectivity index (χ2n) is 4.81. The Morgan fingerprint density at radius 1 is 1.39 bits per heavy atom. The van der Waals surface area contributed by atoms with Crippen LogP contribution in [0.3, 0.4) is 0 Å². The molecule has 3 aromatic rings. The first-order valence-corrected chi connectivity index (χ1v) is 9.17. The minimum Gasteiger partial charge on any atom is -0.326 e. The number of tetrazole rings is 1. The van der Waals surface area contributed by atoms with Gasteiger partial charge in [0.25, 0.3) is 0 Å². The number of thiophene rings is 1. The summed E-state index contributed by atoms with van der Waals surface area (Å²) in [6, 6.07) is 9.53. The summed E-state index contributed by atoms with van der Waals surface area (Å²) in [5.74, 6) is -0.00449. The van der Waals surface area contributed by atoms with E-state index in [0.29, 0.717) is 11.6 Å². The number of benzene rings is 1. The molecule has 0 saturated carbocycles. The molecule has 1 N–H and O–H groups in total. The number of amides is 1. The number of hydrogen-bond acceptors (Lipinski definition) is 6. The highest BCUT2D eigenvalue weighted by Crippen LogP contribution is 2.19. The van der Waals surface area contributed by atoms with Gasteiger partial charge >= 0.3 is 0 Å². The van der Waals surface area contributed by atoms with Crippen LogP contribution in [0.1, 0.15) is 12.0 Å². The summed E-state index contributed by atoms with van der Waals surface area (Å²) in [4.78, 5) is 12.1. The van der Waals surface area contributed by atoms with Crippen LogP contribution in [0.2, 0.25) is 0 Å². The third-order valence-corrected chi connectivity index (χ3v) is 4.57. The van der Waals surface area contributed by atoms with Crippen LogP contribution >= 0.6 is 23.1 Å². The van der Waals surface area contributed by atoms with Gasteiger partial charge in [0.05, 0.1) is 5.69 Å². The van der Waals surface area contributed by atoms with Crippen LogP contribution in [0.15, 0.2) is 46.2 Å². The number of aromatic nitrogens is 4. The van der Waals surface area contributed by atoms with Gasteiger partial charge < -0.3 is 5.32 Å². The van der Waals surface area contributed by atoms with E-state index in [2.05, 4.69) is 26.2 Å². The van der Waals surface area contributed by atoms with Crippen molar-refractivity contribution in [3.05, 3.63) is 46.7 Å². The first kappa shape index (κ1) is 15.7. The van der Waals surface area contributed by atoms with Crippen LogP contribution in [-0.4, -0.2) is 32.4 Å². The van der Waals surface area contributed by atoms with Gasteiger partial charge in [0.1, 0.15) is 0 Å². The minimum atomic E-state index is -0.00449. The average Bonchev–Trinajstić information content (AvgIpc) is 3.24. The Morgan fingerprint density at radius 2 is 2.30 bits per heavy atom. The smallest absolute Gasteiger partial charge is 0.224 e. The highest BCUT2D eigenvalue weighted by molar-refractivity contribution is 7.98. The van der Waals surface area contributed by atoms with Crippen molar-refractivity contribution in [3.8, 4) is 5.69 Å². The predicted octanol–water partition coefficient (Wildman–Crippen LogP) is 3.02. The van der Waals surface area contributed by atoms with Gasteiger partial charge in [0.15, 0.2) is 0 Å². The van der Waals surface area contributed by atoms with Gasteiger partial charge in [-0.2, -0.15) is 16.0 Å². The van der Waals surface area contributed by atoms with Crippen molar-refractivity contribution in [3.63, 3.8) is 0 Å². The first-order valence-electron chi connectivity index (χ1n) is 7.00. The van der Waals surface area contributed by atoms with Crippen LogP contribution in [-0.2, 0) is 11.2 Å². The lowest BCUT2D eigenvalue weighted by Crippen LogP contribution is -2.12. The molecule has 3 rings (SSSR count). The minimum absolute atomic E-state index is 0.00449. The molecule has 0 fully saturated rings. The van der Waals surface area contributed by atoms with Crippen molar-refractivity contribution >= 4 is 34.7 Å². The van der Waals surface area contributed by atoms with Crippen molar-refractivity contribution in [2.24, 2.45) is 0 Å². The molecule has 0 saturated heterocycles. The molecule has 0 atom stereocenters. The first-order chi connectivity index (χ1) is 11.3. The summed E-state index contributed by atoms with van der Waals surface area (Å²) in [6.45, 7) is 0. The van der Waals surface area contributed by atoms with E-state index in [9.17, 15) is 4.79 Å². The van der Waals surface area contributed by atoms with Crippen molar-refractivity contribution in [1.29, 1.82) is 0 Å². The molecule has 0 aliphatic carbocycles. The maximum absolute atomic E-state index is 12.1. The summed E-state index contributed by atoms with van der Waals surface area (Å²) in [7, 11) is 0. The van der Waals surface area contributed by atoms with E-state index in [1.807, 2.05) is 42.0 Å². The second kappa shape index (κ2) is 7.38. The zero-order valence-electron chi connectivity index (χ0n) is 12.5. The number of carbonyl (C=O) groups excluding carboxylic acids is 1. The topological polar surface area (TPSA) is 72.7 Å². The average molecular weight is 345 g/mol. The maximum Gasteiger partial charge on any atom is 0.224 e. The Hall–Kier alpha value is -2.19. The van der Waals surface area contributed by atoms with Crippen molar-refractivity contribution < 1.29 is 4.79 Å². The summed E-state index contributed by atoms with van der Waals surface area (Å²) in [6.07, 6.45) is 3.12. The van der Waals surface area contributed by atoms with E-state index in [4.69, 9.17) is 0 Å². The zero-order valence-corrected chi connectivity index (χ0v) is 14.1. The normalized spacial score (nSPS) is 10.7. The molecule has 1 amide bonds. The molecule has 2 aromatic heterocycles. The number of carbonyl (C=O) groups is 1. The van der Waals surface area contributed by atoms with Gasteiger partial charge in [-0.05, 0) is 63.7 Å². The van der Waals surface area contributed by atoms with E-state index in [1.54, 1.807) is 16.0 Å². The Labute approximate surface area is 141 Å². The zero-order chi connectivity index (χ0) is 16.1. The number of thioether (sulfide) groups is 1. The fourth-order valence-corrected chi connectivity index (χ4v) is 3.24. The SMILES string of the molecule is CSc1nnnn1-c1cccc(NC(=O)CCc2ccsc2)c1. The fraction of sp³-hybridized carbons (Fsp3) is 0.200. The molecule has 2 heterocycles. The lowest BCUT2D eigenvalue weighted by Gasteiger charge is -2.08. The van der Waals surface area contributed by atoms with Crippen LogP contribution in [0.25, 0.3) is 5.69 Å². The third-order valence-electron chi connectivity index (χ3n) is 3.22. The van der Waals surface area contributed by atoms with E-state index in [0.717, 1.165) is 17.8 Å². The summed E-state index contributed by atoms with van der Waals surface area (Å²) >= 11 is 3.11. The van der Waals surface area contributed by atoms with Crippen LogP contribution < -0.4 is 5.32 Å². The molecule has 0 unspecified atom stereocenters.